The van der Waals surface area contributed by atoms with Crippen molar-refractivity contribution in [3.8, 4) is 0 Å². The minimum atomic E-state index is -0.829. The third-order valence-electron chi connectivity index (χ3n) is 3.69. The summed E-state index contributed by atoms with van der Waals surface area (Å²) in [6, 6.07) is 1.95. The summed E-state index contributed by atoms with van der Waals surface area (Å²) in [5.74, 6) is -0.633. The van der Waals surface area contributed by atoms with Crippen LogP contribution in [0.5, 0.6) is 0 Å². The molecule has 2 rings (SSSR count). The zero-order chi connectivity index (χ0) is 20.0. The lowest BCUT2D eigenvalue weighted by molar-refractivity contribution is -0.156. The molecule has 2 atom stereocenters. The minimum Gasteiger partial charge on any atom is -0.466 e. The van der Waals surface area contributed by atoms with Gasteiger partial charge in [0, 0.05) is 19.2 Å². The number of hydrogen-bond acceptors (Lipinski definition) is 7. The van der Waals surface area contributed by atoms with E-state index in [1.807, 2.05) is 13.8 Å². The number of carbonyl (C=O) groups excluding carboxylic acids is 4. The smallest absolute Gasteiger partial charge is 0.330 e. The van der Waals surface area contributed by atoms with Crippen molar-refractivity contribution in [1.29, 1.82) is 0 Å². The summed E-state index contributed by atoms with van der Waals surface area (Å²) in [6.45, 7) is 5.00. The maximum absolute atomic E-state index is 12.3. The highest BCUT2D eigenvalue weighted by molar-refractivity contribution is 7.99. The molecule has 0 saturated carbocycles. The molecule has 1 aromatic rings. The van der Waals surface area contributed by atoms with Crippen molar-refractivity contribution in [2.45, 2.75) is 32.2 Å². The van der Waals surface area contributed by atoms with E-state index in [9.17, 15) is 19.2 Å². The molecule has 0 aliphatic carbocycles. The van der Waals surface area contributed by atoms with E-state index in [1.54, 1.807) is 12.1 Å². The molecule has 0 unspecified atom stereocenters. The Kier molecular flexibility index (Phi) is 7.28. The molecule has 1 saturated heterocycles. The van der Waals surface area contributed by atoms with Crippen LogP contribution in [0.25, 0.3) is 0 Å². The number of furan rings is 1. The van der Waals surface area contributed by atoms with Crippen molar-refractivity contribution in [2.75, 3.05) is 18.9 Å². The number of ether oxygens (including phenoxy) is 1. The fourth-order valence-electron chi connectivity index (χ4n) is 2.46. The molecule has 0 bridgehead atoms. The van der Waals surface area contributed by atoms with Gasteiger partial charge < -0.3 is 19.4 Å². The number of nitrogens with one attached hydrogen (secondary N) is 2. The first kappa shape index (κ1) is 20.8. The van der Waals surface area contributed by atoms with Crippen molar-refractivity contribution in [1.82, 2.24) is 15.5 Å². The van der Waals surface area contributed by atoms with Crippen LogP contribution < -0.4 is 10.6 Å². The molecule has 0 radical (unpaired) electrons. The van der Waals surface area contributed by atoms with Crippen molar-refractivity contribution >= 4 is 35.6 Å². The van der Waals surface area contributed by atoms with Crippen molar-refractivity contribution in [3.05, 3.63) is 24.2 Å². The normalized spacial score (nSPS) is 19.0. The lowest BCUT2D eigenvalue weighted by Crippen LogP contribution is -2.45. The van der Waals surface area contributed by atoms with Crippen molar-refractivity contribution in [3.63, 3.8) is 0 Å². The Bertz CT molecular complexity index is 691. The van der Waals surface area contributed by atoms with E-state index in [-0.39, 0.29) is 11.8 Å². The number of rotatable bonds is 6. The lowest BCUT2D eigenvalue weighted by atomic mass is 10.2. The van der Waals surface area contributed by atoms with Crippen LogP contribution in [0.3, 0.4) is 0 Å². The molecule has 1 aliphatic heterocycles. The van der Waals surface area contributed by atoms with Gasteiger partial charge in [0.15, 0.2) is 6.61 Å². The second-order valence-corrected chi connectivity index (χ2v) is 7.52. The number of carbonyl (C=O) groups is 4. The Labute approximate surface area is 161 Å². The number of nitrogens with zero attached hydrogens (tertiary/aromatic N) is 1. The van der Waals surface area contributed by atoms with Crippen LogP contribution in [0.2, 0.25) is 0 Å². The summed E-state index contributed by atoms with van der Waals surface area (Å²) in [4.78, 5) is 49.0. The summed E-state index contributed by atoms with van der Waals surface area (Å²) in [5, 5.41) is 4.18. The number of imide groups is 1. The first-order valence-corrected chi connectivity index (χ1v) is 9.52. The molecule has 10 heteroatoms. The predicted octanol–water partition coefficient (Wildman–Crippen LogP) is 1.27. The van der Waals surface area contributed by atoms with Crippen LogP contribution in [-0.4, -0.2) is 53.7 Å². The van der Waals surface area contributed by atoms with Crippen LogP contribution >= 0.6 is 11.8 Å². The Morgan fingerprint density at radius 3 is 2.70 bits per heavy atom. The fraction of sp³-hybridized carbons (Fsp3) is 0.529. The molecular weight excluding hydrogens is 374 g/mol. The maximum atomic E-state index is 12.3. The predicted molar refractivity (Wildman–Crippen MR) is 97.6 cm³/mol. The SMILES string of the molecule is CC(=O)N1[C@@H](c2ccco2)SC[C@H]1C(=O)OCC(=O)NC(=O)NCC(C)C. The van der Waals surface area contributed by atoms with E-state index in [4.69, 9.17) is 9.15 Å². The molecule has 1 aromatic heterocycles. The fourth-order valence-corrected chi connectivity index (χ4v) is 3.88. The molecule has 4 amide bonds. The molecule has 1 fully saturated rings. The summed E-state index contributed by atoms with van der Waals surface area (Å²) in [6.07, 6.45) is 1.49. The van der Waals surface area contributed by atoms with Gasteiger partial charge in [-0.1, -0.05) is 13.8 Å². The van der Waals surface area contributed by atoms with E-state index in [0.717, 1.165) is 0 Å². The largest absolute Gasteiger partial charge is 0.466 e. The topological polar surface area (TPSA) is 118 Å². The maximum Gasteiger partial charge on any atom is 0.330 e. The Morgan fingerprint density at radius 1 is 1.37 bits per heavy atom. The molecule has 0 spiro atoms. The van der Waals surface area contributed by atoms with E-state index in [1.165, 1.54) is 29.8 Å². The second-order valence-electron chi connectivity index (χ2n) is 6.40. The number of urea groups is 1. The molecule has 0 aromatic carbocycles. The summed E-state index contributed by atoms with van der Waals surface area (Å²) < 4.78 is 10.3. The van der Waals surface area contributed by atoms with Crippen LogP contribution in [-0.2, 0) is 19.1 Å². The molecule has 2 heterocycles. The van der Waals surface area contributed by atoms with Crippen molar-refractivity contribution < 1.29 is 28.3 Å². The minimum absolute atomic E-state index is 0.239. The number of thioether (sulfide) groups is 1. The molecule has 9 nitrogen and oxygen atoms in total. The summed E-state index contributed by atoms with van der Waals surface area (Å²) in [5.41, 5.74) is 0. The van der Waals surface area contributed by atoms with E-state index < -0.39 is 35.9 Å². The van der Waals surface area contributed by atoms with E-state index in [0.29, 0.717) is 18.1 Å². The van der Waals surface area contributed by atoms with Gasteiger partial charge in [-0.25, -0.2) is 9.59 Å². The second kappa shape index (κ2) is 9.45. The summed E-state index contributed by atoms with van der Waals surface area (Å²) >= 11 is 1.37. The quantitative estimate of drug-likeness (QED) is 0.694. The average Bonchev–Trinajstić information content (AvgIpc) is 3.26. The standard InChI is InChI=1S/C17H23N3O6S/c1-10(2)7-18-17(24)19-14(22)8-26-16(23)12-9-27-15(20(12)11(3)21)13-5-4-6-25-13/h4-6,10,12,15H,7-9H2,1-3H3,(H2,18,19,22,24)/t12-,15+/m0/s1. The van der Waals surface area contributed by atoms with Gasteiger partial charge in [0.25, 0.3) is 5.91 Å². The van der Waals surface area contributed by atoms with E-state index >= 15 is 0 Å². The average molecular weight is 397 g/mol. The lowest BCUT2D eigenvalue weighted by Gasteiger charge is -2.25. The third-order valence-corrected chi connectivity index (χ3v) is 4.98. The van der Waals surface area contributed by atoms with Crippen LogP contribution in [0.15, 0.2) is 22.8 Å². The number of esters is 1. The highest BCUT2D eigenvalue weighted by Gasteiger charge is 2.43. The van der Waals surface area contributed by atoms with Gasteiger partial charge in [0.2, 0.25) is 5.91 Å². The zero-order valence-corrected chi connectivity index (χ0v) is 16.2. The van der Waals surface area contributed by atoms with Crippen LogP contribution in [0.4, 0.5) is 4.79 Å². The van der Waals surface area contributed by atoms with Crippen molar-refractivity contribution in [2.24, 2.45) is 5.92 Å². The van der Waals surface area contributed by atoms with Crippen LogP contribution in [0.1, 0.15) is 31.9 Å². The summed E-state index contributed by atoms with van der Waals surface area (Å²) in [7, 11) is 0. The van der Waals surface area contributed by atoms with Gasteiger partial charge >= 0.3 is 12.0 Å². The molecule has 2 N–H and O–H groups in total. The van der Waals surface area contributed by atoms with Gasteiger partial charge in [0.05, 0.1) is 6.26 Å². The highest BCUT2D eigenvalue weighted by atomic mass is 32.2. The van der Waals surface area contributed by atoms with E-state index in [2.05, 4.69) is 10.6 Å². The third kappa shape index (κ3) is 5.75. The first-order chi connectivity index (χ1) is 12.8. The van der Waals surface area contributed by atoms with Gasteiger partial charge in [0.1, 0.15) is 17.2 Å². The molecule has 1 aliphatic rings. The Balaban J connectivity index is 1.87. The van der Waals surface area contributed by atoms with Gasteiger partial charge in [-0.3, -0.25) is 14.9 Å². The highest BCUT2D eigenvalue weighted by Crippen LogP contribution is 2.41. The molecular formula is C17H23N3O6S. The first-order valence-electron chi connectivity index (χ1n) is 8.47. The Hall–Kier alpha value is -2.49. The monoisotopic (exact) mass is 397 g/mol. The number of hydrogen-bond donors (Lipinski definition) is 2. The zero-order valence-electron chi connectivity index (χ0n) is 15.4. The molecule has 27 heavy (non-hydrogen) atoms. The Morgan fingerprint density at radius 2 is 2.11 bits per heavy atom. The van der Waals surface area contributed by atoms with Crippen LogP contribution in [0, 0.1) is 5.92 Å². The van der Waals surface area contributed by atoms with Gasteiger partial charge in [-0.15, -0.1) is 11.8 Å². The number of amides is 4. The van der Waals surface area contributed by atoms with Gasteiger partial charge in [-0.2, -0.15) is 0 Å². The molecule has 148 valence electrons. The van der Waals surface area contributed by atoms with Gasteiger partial charge in [-0.05, 0) is 18.1 Å².